The summed E-state index contributed by atoms with van der Waals surface area (Å²) in [6, 6.07) is 1.83. The van der Waals surface area contributed by atoms with Gasteiger partial charge in [-0.1, -0.05) is 5.16 Å². The maximum absolute atomic E-state index is 12.9. The zero-order chi connectivity index (χ0) is 18.9. The average molecular weight is 394 g/mol. The van der Waals surface area contributed by atoms with Crippen LogP contribution in [-0.2, 0) is 34.2 Å². The Kier molecular flexibility index (Phi) is 5.34. The van der Waals surface area contributed by atoms with Crippen LogP contribution in [0.1, 0.15) is 37.1 Å². The van der Waals surface area contributed by atoms with Gasteiger partial charge in [-0.15, -0.1) is 0 Å². The van der Waals surface area contributed by atoms with Crippen molar-refractivity contribution < 1.29 is 17.7 Å². The Morgan fingerprint density at radius 3 is 2.81 bits per heavy atom. The summed E-state index contributed by atoms with van der Waals surface area (Å²) in [7, 11) is -1.42. The maximum atomic E-state index is 12.9. The highest BCUT2D eigenvalue weighted by Gasteiger charge is 2.33. The lowest BCUT2D eigenvalue weighted by Crippen LogP contribution is -2.25. The smallest absolute Gasteiger partial charge is 0.227 e. The molecule has 9 heteroatoms. The van der Waals surface area contributed by atoms with Gasteiger partial charge in [0.05, 0.1) is 36.0 Å². The van der Waals surface area contributed by atoms with Crippen LogP contribution in [0.3, 0.4) is 0 Å². The number of imidazole rings is 1. The number of ether oxygens (including phenoxy) is 1. The summed E-state index contributed by atoms with van der Waals surface area (Å²) in [5.74, 6) is 0.491. The van der Waals surface area contributed by atoms with Gasteiger partial charge in [0.1, 0.15) is 6.26 Å². The summed E-state index contributed by atoms with van der Waals surface area (Å²) in [5.41, 5.74) is 1.72. The van der Waals surface area contributed by atoms with Crippen molar-refractivity contribution in [1.82, 2.24) is 19.6 Å². The van der Waals surface area contributed by atoms with Gasteiger partial charge < -0.3 is 13.8 Å². The second kappa shape index (κ2) is 7.73. The van der Waals surface area contributed by atoms with Gasteiger partial charge in [-0.2, -0.15) is 0 Å². The van der Waals surface area contributed by atoms with Crippen LogP contribution in [0.15, 0.2) is 28.2 Å². The Balaban J connectivity index is 1.55. The van der Waals surface area contributed by atoms with Crippen molar-refractivity contribution in [2.75, 3.05) is 19.4 Å². The number of sulfone groups is 1. The summed E-state index contributed by atoms with van der Waals surface area (Å²) >= 11 is 0. The number of rotatable bonds is 9. The van der Waals surface area contributed by atoms with Gasteiger partial charge in [-0.3, -0.25) is 4.90 Å². The molecule has 1 saturated heterocycles. The molecule has 1 unspecified atom stereocenters. The normalized spacial score (nSPS) is 20.6. The standard InChI is InChI=1S/C18H26N4O4S/c1-21(10-15-6-8-26-20-15)11-16-9-19-18(27(23,24)13-14-4-5-14)22(16)12-17-3-2-7-25-17/h6,8-9,14,17H,2-5,7,10-13H2,1H3. The van der Waals surface area contributed by atoms with E-state index in [1.165, 1.54) is 0 Å². The molecule has 2 fully saturated rings. The van der Waals surface area contributed by atoms with Crippen molar-refractivity contribution in [3.63, 3.8) is 0 Å². The van der Waals surface area contributed by atoms with Gasteiger partial charge in [0.15, 0.2) is 0 Å². The van der Waals surface area contributed by atoms with Crippen LogP contribution in [0.4, 0.5) is 0 Å². The molecule has 27 heavy (non-hydrogen) atoms. The van der Waals surface area contributed by atoms with Crippen LogP contribution in [0.25, 0.3) is 0 Å². The van der Waals surface area contributed by atoms with E-state index < -0.39 is 9.84 Å². The largest absolute Gasteiger partial charge is 0.376 e. The van der Waals surface area contributed by atoms with Crippen LogP contribution in [-0.4, -0.2) is 53.5 Å². The first-order chi connectivity index (χ1) is 13.0. The van der Waals surface area contributed by atoms with Gasteiger partial charge >= 0.3 is 0 Å². The molecule has 8 nitrogen and oxygen atoms in total. The first-order valence-electron chi connectivity index (χ1n) is 9.48. The molecule has 4 rings (SSSR count). The molecule has 2 aromatic heterocycles. The zero-order valence-corrected chi connectivity index (χ0v) is 16.4. The zero-order valence-electron chi connectivity index (χ0n) is 15.6. The highest BCUT2D eigenvalue weighted by molar-refractivity contribution is 7.91. The molecule has 0 radical (unpaired) electrons. The molecule has 148 valence electrons. The highest BCUT2D eigenvalue weighted by atomic mass is 32.2. The van der Waals surface area contributed by atoms with Crippen molar-refractivity contribution >= 4 is 9.84 Å². The Hall–Kier alpha value is -1.71. The van der Waals surface area contributed by atoms with Crippen LogP contribution in [0.2, 0.25) is 0 Å². The van der Waals surface area contributed by atoms with E-state index in [4.69, 9.17) is 9.26 Å². The summed E-state index contributed by atoms with van der Waals surface area (Å²) in [6.45, 7) is 2.47. The van der Waals surface area contributed by atoms with Crippen molar-refractivity contribution in [3.05, 3.63) is 29.9 Å². The Morgan fingerprint density at radius 1 is 1.30 bits per heavy atom. The van der Waals surface area contributed by atoms with Crippen molar-refractivity contribution in [1.29, 1.82) is 0 Å². The number of hydrogen-bond donors (Lipinski definition) is 0. The molecule has 2 aromatic rings. The Morgan fingerprint density at radius 2 is 2.15 bits per heavy atom. The Bertz CT molecular complexity index is 852. The van der Waals surface area contributed by atoms with E-state index in [0.717, 1.165) is 43.7 Å². The molecular formula is C18H26N4O4S. The van der Waals surface area contributed by atoms with Gasteiger partial charge in [0.25, 0.3) is 0 Å². The van der Waals surface area contributed by atoms with E-state index in [1.54, 1.807) is 12.5 Å². The fourth-order valence-corrected chi connectivity index (χ4v) is 5.39. The summed E-state index contributed by atoms with van der Waals surface area (Å²) in [5, 5.41) is 4.12. The molecule has 1 atom stereocenters. The van der Waals surface area contributed by atoms with E-state index in [2.05, 4.69) is 15.0 Å². The molecule has 1 aliphatic heterocycles. The second-order valence-electron chi connectivity index (χ2n) is 7.67. The van der Waals surface area contributed by atoms with Gasteiger partial charge in [-0.25, -0.2) is 13.4 Å². The van der Waals surface area contributed by atoms with Crippen LogP contribution in [0, 0.1) is 5.92 Å². The minimum Gasteiger partial charge on any atom is -0.376 e. The lowest BCUT2D eigenvalue weighted by molar-refractivity contribution is 0.0934. The van der Waals surface area contributed by atoms with Gasteiger partial charge in [0, 0.05) is 25.8 Å². The van der Waals surface area contributed by atoms with Crippen LogP contribution in [0.5, 0.6) is 0 Å². The van der Waals surface area contributed by atoms with E-state index in [0.29, 0.717) is 25.6 Å². The van der Waals surface area contributed by atoms with Crippen LogP contribution >= 0.6 is 0 Å². The minimum absolute atomic E-state index is 0.0497. The quantitative estimate of drug-likeness (QED) is 0.641. The van der Waals surface area contributed by atoms with E-state index in [9.17, 15) is 8.42 Å². The number of hydrogen-bond acceptors (Lipinski definition) is 7. The molecular weight excluding hydrogens is 368 g/mol. The molecule has 0 bridgehead atoms. The van der Waals surface area contributed by atoms with Gasteiger partial charge in [-0.05, 0) is 38.6 Å². The number of nitrogens with zero attached hydrogens (tertiary/aromatic N) is 4. The molecule has 0 aromatic carbocycles. The average Bonchev–Trinajstić information content (AvgIpc) is 3.05. The Labute approximate surface area is 159 Å². The molecule has 0 amide bonds. The fraction of sp³-hybridized carbons (Fsp3) is 0.667. The number of aromatic nitrogens is 3. The summed E-state index contributed by atoms with van der Waals surface area (Å²) in [4.78, 5) is 6.39. The monoisotopic (exact) mass is 394 g/mol. The molecule has 2 aliphatic rings. The fourth-order valence-electron chi connectivity index (χ4n) is 3.55. The van der Waals surface area contributed by atoms with Crippen molar-refractivity contribution in [2.45, 2.75) is 56.6 Å². The van der Waals surface area contributed by atoms with E-state index in [-0.39, 0.29) is 17.0 Å². The molecule has 3 heterocycles. The summed E-state index contributed by atoms with van der Waals surface area (Å²) < 4.78 is 38.2. The van der Waals surface area contributed by atoms with Gasteiger partial charge in [0.2, 0.25) is 15.0 Å². The third kappa shape index (κ3) is 4.59. The lowest BCUT2D eigenvalue weighted by Gasteiger charge is -2.19. The second-order valence-corrected chi connectivity index (χ2v) is 9.59. The van der Waals surface area contributed by atoms with Crippen molar-refractivity contribution in [3.8, 4) is 0 Å². The lowest BCUT2D eigenvalue weighted by atomic mass is 10.2. The van der Waals surface area contributed by atoms with Crippen molar-refractivity contribution in [2.24, 2.45) is 5.92 Å². The SMILES string of the molecule is CN(Cc1ccon1)Cc1cnc(S(=O)(=O)CC2CC2)n1CC1CCCO1. The van der Waals surface area contributed by atoms with E-state index in [1.807, 2.05) is 17.7 Å². The molecule has 1 saturated carbocycles. The summed E-state index contributed by atoms with van der Waals surface area (Å²) in [6.07, 6.45) is 7.26. The van der Waals surface area contributed by atoms with Crippen LogP contribution < -0.4 is 0 Å². The third-order valence-corrected chi connectivity index (χ3v) is 6.89. The molecule has 0 N–H and O–H groups in total. The topological polar surface area (TPSA) is 90.5 Å². The third-order valence-electron chi connectivity index (χ3n) is 5.10. The predicted octanol–water partition coefficient (Wildman–Crippen LogP) is 1.87. The van der Waals surface area contributed by atoms with E-state index >= 15 is 0 Å². The predicted molar refractivity (Wildman–Crippen MR) is 97.7 cm³/mol. The minimum atomic E-state index is -3.38. The first-order valence-corrected chi connectivity index (χ1v) is 11.1. The maximum Gasteiger partial charge on any atom is 0.227 e. The first kappa shape index (κ1) is 18.6. The molecule has 0 spiro atoms. The highest BCUT2D eigenvalue weighted by Crippen LogP contribution is 2.32. The molecule has 1 aliphatic carbocycles.